The van der Waals surface area contributed by atoms with E-state index in [1.54, 1.807) is 13.8 Å². The molecule has 0 spiro atoms. The molecule has 1 unspecified atom stereocenters. The van der Waals surface area contributed by atoms with Gasteiger partial charge in [0.2, 0.25) is 0 Å². The van der Waals surface area contributed by atoms with Crippen molar-refractivity contribution in [3.8, 4) is 0 Å². The van der Waals surface area contributed by atoms with Crippen molar-refractivity contribution >= 4 is 11.9 Å². The summed E-state index contributed by atoms with van der Waals surface area (Å²) in [6, 6.07) is 2.91. The predicted octanol–water partition coefficient (Wildman–Crippen LogP) is 2.19. The summed E-state index contributed by atoms with van der Waals surface area (Å²) in [6.45, 7) is 3.49. The number of hydrogen-bond donors (Lipinski definition) is 1. The van der Waals surface area contributed by atoms with Crippen LogP contribution in [0.4, 0.5) is 13.6 Å². The number of halogens is 2. The average molecular weight is 268 g/mol. The summed E-state index contributed by atoms with van der Waals surface area (Å²) in [5.74, 6) is -2.28. The summed E-state index contributed by atoms with van der Waals surface area (Å²) in [6.07, 6.45) is 0.439. The maximum atomic E-state index is 13.1. The molecule has 0 saturated carbocycles. The molecule has 1 aliphatic heterocycles. The van der Waals surface area contributed by atoms with Crippen LogP contribution in [0.3, 0.4) is 0 Å². The summed E-state index contributed by atoms with van der Waals surface area (Å²) < 4.78 is 26.0. The molecule has 1 aliphatic rings. The zero-order chi connectivity index (χ0) is 14.2. The van der Waals surface area contributed by atoms with Gasteiger partial charge < -0.3 is 4.90 Å². The van der Waals surface area contributed by atoms with E-state index in [1.165, 1.54) is 11.0 Å². The molecule has 6 heteroatoms. The number of nitrogens with zero attached hydrogens (tertiary/aromatic N) is 1. The Bertz CT molecular complexity index is 547. The van der Waals surface area contributed by atoms with E-state index in [9.17, 15) is 18.4 Å². The zero-order valence-electron chi connectivity index (χ0n) is 10.7. The highest BCUT2D eigenvalue weighted by Crippen LogP contribution is 2.27. The van der Waals surface area contributed by atoms with Crippen LogP contribution in [0.2, 0.25) is 0 Å². The summed E-state index contributed by atoms with van der Waals surface area (Å²) in [5, 5.41) is 2.23. The molecule has 1 aromatic carbocycles. The zero-order valence-corrected chi connectivity index (χ0v) is 10.7. The Morgan fingerprint density at radius 2 is 1.95 bits per heavy atom. The molecule has 0 aliphatic carbocycles. The number of amides is 3. The van der Waals surface area contributed by atoms with Gasteiger partial charge in [0.05, 0.1) is 0 Å². The summed E-state index contributed by atoms with van der Waals surface area (Å²) in [5.41, 5.74) is -0.523. The van der Waals surface area contributed by atoms with E-state index in [-0.39, 0.29) is 12.5 Å². The largest absolute Gasteiger partial charge is 0.325 e. The monoisotopic (exact) mass is 268 g/mol. The van der Waals surface area contributed by atoms with E-state index in [0.717, 1.165) is 12.1 Å². The molecule has 0 radical (unpaired) electrons. The van der Waals surface area contributed by atoms with E-state index >= 15 is 0 Å². The van der Waals surface area contributed by atoms with Crippen molar-refractivity contribution in [2.45, 2.75) is 32.4 Å². The van der Waals surface area contributed by atoms with Gasteiger partial charge >= 0.3 is 6.03 Å². The number of hydrogen-bond acceptors (Lipinski definition) is 2. The van der Waals surface area contributed by atoms with Crippen molar-refractivity contribution in [2.75, 3.05) is 0 Å². The molecule has 0 aromatic heterocycles. The van der Waals surface area contributed by atoms with E-state index in [1.807, 2.05) is 0 Å². The summed E-state index contributed by atoms with van der Waals surface area (Å²) >= 11 is 0. The Morgan fingerprint density at radius 1 is 1.26 bits per heavy atom. The lowest BCUT2D eigenvalue weighted by atomic mass is 9.97. The Hall–Kier alpha value is -1.98. The molecular formula is C13H14F2N2O2. The van der Waals surface area contributed by atoms with E-state index in [4.69, 9.17) is 0 Å². The van der Waals surface area contributed by atoms with Crippen molar-refractivity contribution in [2.24, 2.45) is 0 Å². The third-order valence-electron chi connectivity index (χ3n) is 3.56. The first-order valence-corrected chi connectivity index (χ1v) is 5.95. The molecular weight excluding hydrogens is 254 g/mol. The first kappa shape index (κ1) is 13.5. The molecule has 1 N–H and O–H groups in total. The van der Waals surface area contributed by atoms with Crippen LogP contribution in [0.1, 0.15) is 25.8 Å². The van der Waals surface area contributed by atoms with Crippen LogP contribution in [0.5, 0.6) is 0 Å². The van der Waals surface area contributed by atoms with Crippen LogP contribution >= 0.6 is 0 Å². The Balaban J connectivity index is 2.28. The van der Waals surface area contributed by atoms with Gasteiger partial charge in [-0.2, -0.15) is 0 Å². The van der Waals surface area contributed by atoms with Crippen molar-refractivity contribution in [3.05, 3.63) is 35.4 Å². The second-order valence-corrected chi connectivity index (χ2v) is 4.72. The number of rotatable bonds is 3. The van der Waals surface area contributed by atoms with Gasteiger partial charge in [0.25, 0.3) is 5.91 Å². The minimum Gasteiger partial charge on any atom is -0.306 e. The van der Waals surface area contributed by atoms with E-state index in [0.29, 0.717) is 12.0 Å². The van der Waals surface area contributed by atoms with Crippen LogP contribution in [0.15, 0.2) is 18.2 Å². The molecule has 1 atom stereocenters. The molecule has 1 fully saturated rings. The average Bonchev–Trinajstić information content (AvgIpc) is 2.58. The van der Waals surface area contributed by atoms with Crippen LogP contribution in [-0.2, 0) is 11.3 Å². The third-order valence-corrected chi connectivity index (χ3v) is 3.56. The third kappa shape index (κ3) is 2.18. The van der Waals surface area contributed by atoms with Crippen LogP contribution in [-0.4, -0.2) is 22.4 Å². The minimum absolute atomic E-state index is 0.0547. The van der Waals surface area contributed by atoms with Gasteiger partial charge in [-0.15, -0.1) is 0 Å². The van der Waals surface area contributed by atoms with Crippen LogP contribution in [0, 0.1) is 11.6 Å². The molecule has 4 nitrogen and oxygen atoms in total. The van der Waals surface area contributed by atoms with Gasteiger partial charge in [-0.3, -0.25) is 10.1 Å². The van der Waals surface area contributed by atoms with Crippen molar-refractivity contribution in [1.29, 1.82) is 0 Å². The van der Waals surface area contributed by atoms with Gasteiger partial charge in [-0.05, 0) is 31.0 Å². The topological polar surface area (TPSA) is 49.4 Å². The maximum Gasteiger partial charge on any atom is 0.325 e. The number of nitrogens with one attached hydrogen (secondary N) is 1. The van der Waals surface area contributed by atoms with Gasteiger partial charge in [0.1, 0.15) is 5.54 Å². The first-order valence-electron chi connectivity index (χ1n) is 5.95. The van der Waals surface area contributed by atoms with Crippen molar-refractivity contribution in [3.63, 3.8) is 0 Å². The lowest BCUT2D eigenvalue weighted by Crippen LogP contribution is -2.45. The lowest BCUT2D eigenvalue weighted by Gasteiger charge is -2.30. The molecule has 1 saturated heterocycles. The normalized spacial score (nSPS) is 22.8. The highest BCUT2D eigenvalue weighted by Gasteiger charge is 2.47. The standard InChI is InChI=1S/C13H14F2N2O2/c1-3-13(2)11(18)16-12(19)17(13)7-8-4-5-9(14)10(15)6-8/h4-6H,3,7H2,1-2H3,(H,16,18,19). The minimum atomic E-state index is -0.971. The number of urea groups is 1. The SMILES string of the molecule is CCC1(C)C(=O)NC(=O)N1Cc1ccc(F)c(F)c1. The molecule has 102 valence electrons. The number of carbonyl (C=O) groups is 2. The Labute approximate surface area is 109 Å². The van der Waals surface area contributed by atoms with Crippen molar-refractivity contribution < 1.29 is 18.4 Å². The molecule has 0 bridgehead atoms. The molecule has 1 heterocycles. The number of benzene rings is 1. The smallest absolute Gasteiger partial charge is 0.306 e. The molecule has 19 heavy (non-hydrogen) atoms. The fraction of sp³-hybridized carbons (Fsp3) is 0.385. The van der Waals surface area contributed by atoms with Gasteiger partial charge in [0, 0.05) is 6.54 Å². The van der Waals surface area contributed by atoms with Crippen LogP contribution in [0.25, 0.3) is 0 Å². The molecule has 3 amide bonds. The fourth-order valence-corrected chi connectivity index (χ4v) is 2.06. The highest BCUT2D eigenvalue weighted by molar-refractivity contribution is 6.06. The van der Waals surface area contributed by atoms with E-state index in [2.05, 4.69) is 5.32 Å². The maximum absolute atomic E-state index is 13.1. The Morgan fingerprint density at radius 3 is 2.53 bits per heavy atom. The van der Waals surface area contributed by atoms with Gasteiger partial charge in [-0.25, -0.2) is 13.6 Å². The number of imide groups is 1. The van der Waals surface area contributed by atoms with Gasteiger partial charge in [0.15, 0.2) is 11.6 Å². The van der Waals surface area contributed by atoms with Crippen LogP contribution < -0.4 is 5.32 Å². The predicted molar refractivity (Wildman–Crippen MR) is 64.1 cm³/mol. The van der Waals surface area contributed by atoms with Crippen molar-refractivity contribution in [1.82, 2.24) is 10.2 Å². The quantitative estimate of drug-likeness (QED) is 0.854. The second-order valence-electron chi connectivity index (χ2n) is 4.72. The summed E-state index contributed by atoms with van der Waals surface area (Å²) in [4.78, 5) is 24.8. The van der Waals surface area contributed by atoms with E-state index < -0.39 is 23.2 Å². The van der Waals surface area contributed by atoms with Gasteiger partial charge in [-0.1, -0.05) is 13.0 Å². The number of carbonyl (C=O) groups excluding carboxylic acids is 2. The second kappa shape index (κ2) is 4.60. The highest BCUT2D eigenvalue weighted by atomic mass is 19.2. The molecule has 1 aromatic rings. The summed E-state index contributed by atoms with van der Waals surface area (Å²) in [7, 11) is 0. The Kier molecular flexibility index (Phi) is 3.26. The first-order chi connectivity index (χ1) is 8.88. The fourth-order valence-electron chi connectivity index (χ4n) is 2.06. The lowest BCUT2D eigenvalue weighted by molar-refractivity contribution is -0.126. The molecule has 2 rings (SSSR count).